The van der Waals surface area contributed by atoms with Crippen LogP contribution in [-0.2, 0) is 16.0 Å². The van der Waals surface area contributed by atoms with Crippen molar-refractivity contribution in [1.82, 2.24) is 0 Å². The second-order valence-corrected chi connectivity index (χ2v) is 5.72. The van der Waals surface area contributed by atoms with Gasteiger partial charge >= 0.3 is 5.97 Å². The molecule has 0 aliphatic carbocycles. The Morgan fingerprint density at radius 1 is 1.11 bits per heavy atom. The molecule has 0 aliphatic heterocycles. The van der Waals surface area contributed by atoms with Crippen LogP contribution in [0.3, 0.4) is 0 Å². The minimum Gasteiger partial charge on any atom is -0.462 e. The summed E-state index contributed by atoms with van der Waals surface area (Å²) in [7, 11) is 0. The molecule has 0 saturated heterocycles. The van der Waals surface area contributed by atoms with Crippen LogP contribution in [0, 0.1) is 5.92 Å². The van der Waals surface area contributed by atoms with Crippen molar-refractivity contribution in [2.75, 3.05) is 0 Å². The maximum atomic E-state index is 12.0. The van der Waals surface area contributed by atoms with Crippen molar-refractivity contribution in [3.8, 4) is 0 Å². The molecule has 19 heavy (non-hydrogen) atoms. The Balaban J connectivity index is 2.66. The Kier molecular flexibility index (Phi) is 6.07. The summed E-state index contributed by atoms with van der Waals surface area (Å²) < 4.78 is 5.37. The highest BCUT2D eigenvalue weighted by Gasteiger charge is 2.18. The fourth-order valence-electron chi connectivity index (χ4n) is 1.93. The van der Waals surface area contributed by atoms with E-state index in [9.17, 15) is 4.79 Å². The van der Waals surface area contributed by atoms with Gasteiger partial charge < -0.3 is 4.74 Å². The molecule has 0 fully saturated rings. The lowest BCUT2D eigenvalue weighted by molar-refractivity contribution is -0.149. The van der Waals surface area contributed by atoms with Crippen molar-refractivity contribution in [2.24, 2.45) is 5.92 Å². The minimum absolute atomic E-state index is 0.00448. The number of benzene rings is 1. The van der Waals surface area contributed by atoms with Gasteiger partial charge in [0.2, 0.25) is 0 Å². The van der Waals surface area contributed by atoms with E-state index in [-0.39, 0.29) is 18.0 Å². The zero-order valence-electron chi connectivity index (χ0n) is 12.8. The van der Waals surface area contributed by atoms with Crippen LogP contribution in [0.1, 0.15) is 58.1 Å². The van der Waals surface area contributed by atoms with Gasteiger partial charge in [0.05, 0.1) is 12.0 Å². The van der Waals surface area contributed by atoms with Gasteiger partial charge in [-0.05, 0) is 43.7 Å². The van der Waals surface area contributed by atoms with Gasteiger partial charge in [0.25, 0.3) is 0 Å². The number of carbonyl (C=O) groups excluding carboxylic acids is 1. The van der Waals surface area contributed by atoms with Gasteiger partial charge in [-0.15, -0.1) is 0 Å². The molecule has 0 aromatic heterocycles. The first-order valence-electron chi connectivity index (χ1n) is 7.23. The van der Waals surface area contributed by atoms with Crippen LogP contribution in [0.5, 0.6) is 0 Å². The van der Waals surface area contributed by atoms with Crippen molar-refractivity contribution in [2.45, 2.75) is 59.5 Å². The van der Waals surface area contributed by atoms with Crippen LogP contribution >= 0.6 is 0 Å². The maximum Gasteiger partial charge on any atom is 0.313 e. The van der Waals surface area contributed by atoms with E-state index in [1.807, 2.05) is 32.9 Å². The molecule has 0 amide bonds. The molecule has 1 aromatic carbocycles. The second-order valence-electron chi connectivity index (χ2n) is 5.72. The molecule has 0 N–H and O–H groups in total. The quantitative estimate of drug-likeness (QED) is 0.713. The van der Waals surface area contributed by atoms with E-state index in [2.05, 4.69) is 26.0 Å². The first-order valence-corrected chi connectivity index (χ1v) is 7.23. The zero-order chi connectivity index (χ0) is 14.4. The molecule has 0 radical (unpaired) electrons. The monoisotopic (exact) mass is 262 g/mol. The Hall–Kier alpha value is -1.31. The molecule has 0 heterocycles. The van der Waals surface area contributed by atoms with Gasteiger partial charge in [-0.2, -0.15) is 0 Å². The van der Waals surface area contributed by atoms with Crippen LogP contribution in [0.4, 0.5) is 0 Å². The van der Waals surface area contributed by atoms with Gasteiger partial charge in [0.1, 0.15) is 0 Å². The number of carbonyl (C=O) groups is 1. The van der Waals surface area contributed by atoms with E-state index >= 15 is 0 Å². The summed E-state index contributed by atoms with van der Waals surface area (Å²) in [6.07, 6.45) is 1.92. The smallest absolute Gasteiger partial charge is 0.313 e. The maximum absolute atomic E-state index is 12.0. The fourth-order valence-corrected chi connectivity index (χ4v) is 1.93. The van der Waals surface area contributed by atoms with Gasteiger partial charge in [-0.25, -0.2) is 0 Å². The molecule has 2 nitrogen and oxygen atoms in total. The lowest BCUT2D eigenvalue weighted by atomic mass is 9.97. The predicted octanol–water partition coefficient (Wildman–Crippen LogP) is 4.33. The van der Waals surface area contributed by atoms with Crippen LogP contribution in [0.15, 0.2) is 24.3 Å². The minimum atomic E-state index is -0.193. The molecule has 2 heteroatoms. The molecule has 106 valence electrons. The van der Waals surface area contributed by atoms with Crippen molar-refractivity contribution in [1.29, 1.82) is 0 Å². The molecule has 0 unspecified atom stereocenters. The average Bonchev–Trinajstić information content (AvgIpc) is 2.37. The molecule has 0 spiro atoms. The standard InChI is InChI=1S/C17H26O2/c1-6-13(4)19-17(18)14(5)16-9-7-15(8-10-16)11-12(2)3/h7-10,12-14H,6,11H2,1-5H3/t13-,14+/m1/s1. The normalized spacial score (nSPS) is 14.2. The summed E-state index contributed by atoms with van der Waals surface area (Å²) in [6.45, 7) is 10.3. The summed E-state index contributed by atoms with van der Waals surface area (Å²) in [6, 6.07) is 8.31. The van der Waals surface area contributed by atoms with Crippen LogP contribution in [0.2, 0.25) is 0 Å². The van der Waals surface area contributed by atoms with Gasteiger partial charge in [0, 0.05) is 0 Å². The Morgan fingerprint density at radius 3 is 2.16 bits per heavy atom. The van der Waals surface area contributed by atoms with E-state index in [1.165, 1.54) is 5.56 Å². The molecule has 0 bridgehead atoms. The predicted molar refractivity (Wildman–Crippen MR) is 79.2 cm³/mol. The third kappa shape index (κ3) is 5.06. The molecule has 1 aromatic rings. The third-order valence-electron chi connectivity index (χ3n) is 3.37. The van der Waals surface area contributed by atoms with Crippen LogP contribution in [-0.4, -0.2) is 12.1 Å². The topological polar surface area (TPSA) is 26.3 Å². The summed E-state index contributed by atoms with van der Waals surface area (Å²) in [5.41, 5.74) is 2.35. The SMILES string of the molecule is CC[C@@H](C)OC(=O)[C@@H](C)c1ccc(CC(C)C)cc1. The molecule has 2 atom stereocenters. The van der Waals surface area contributed by atoms with Crippen LogP contribution in [0.25, 0.3) is 0 Å². The molecule has 0 saturated carbocycles. The van der Waals surface area contributed by atoms with E-state index in [0.717, 1.165) is 18.4 Å². The van der Waals surface area contributed by atoms with Crippen molar-refractivity contribution < 1.29 is 9.53 Å². The van der Waals surface area contributed by atoms with Crippen LogP contribution < -0.4 is 0 Å². The first kappa shape index (κ1) is 15.7. The average molecular weight is 262 g/mol. The Labute approximate surface area is 117 Å². The van der Waals surface area contributed by atoms with Gasteiger partial charge in [-0.1, -0.05) is 45.0 Å². The van der Waals surface area contributed by atoms with E-state index in [1.54, 1.807) is 0 Å². The van der Waals surface area contributed by atoms with E-state index in [4.69, 9.17) is 4.74 Å². The Morgan fingerprint density at radius 2 is 1.68 bits per heavy atom. The van der Waals surface area contributed by atoms with Crippen molar-refractivity contribution >= 4 is 5.97 Å². The molecule has 0 aliphatic rings. The summed E-state index contributed by atoms with van der Waals surface area (Å²) in [5.74, 6) is 0.326. The van der Waals surface area contributed by atoms with Crippen molar-refractivity contribution in [3.05, 3.63) is 35.4 Å². The number of ether oxygens (including phenoxy) is 1. The number of hydrogen-bond donors (Lipinski definition) is 0. The lowest BCUT2D eigenvalue weighted by Crippen LogP contribution is -2.19. The molecule has 1 rings (SSSR count). The fraction of sp³-hybridized carbons (Fsp3) is 0.588. The largest absolute Gasteiger partial charge is 0.462 e. The molecular formula is C17H26O2. The summed E-state index contributed by atoms with van der Waals surface area (Å²) in [5, 5.41) is 0. The summed E-state index contributed by atoms with van der Waals surface area (Å²) in [4.78, 5) is 12.0. The highest BCUT2D eigenvalue weighted by Crippen LogP contribution is 2.19. The van der Waals surface area contributed by atoms with Gasteiger partial charge in [-0.3, -0.25) is 4.79 Å². The zero-order valence-corrected chi connectivity index (χ0v) is 12.8. The molecular weight excluding hydrogens is 236 g/mol. The lowest BCUT2D eigenvalue weighted by Gasteiger charge is -2.16. The van der Waals surface area contributed by atoms with E-state index < -0.39 is 0 Å². The first-order chi connectivity index (χ1) is 8.93. The number of esters is 1. The van der Waals surface area contributed by atoms with Crippen molar-refractivity contribution in [3.63, 3.8) is 0 Å². The Bertz CT molecular complexity index is 392. The highest BCUT2D eigenvalue weighted by atomic mass is 16.5. The number of hydrogen-bond acceptors (Lipinski definition) is 2. The second kappa shape index (κ2) is 7.32. The van der Waals surface area contributed by atoms with Gasteiger partial charge in [0.15, 0.2) is 0 Å². The highest BCUT2D eigenvalue weighted by molar-refractivity contribution is 5.77. The summed E-state index contributed by atoms with van der Waals surface area (Å²) >= 11 is 0. The van der Waals surface area contributed by atoms with E-state index in [0.29, 0.717) is 5.92 Å². The number of rotatable bonds is 6. The third-order valence-corrected chi connectivity index (χ3v) is 3.37.